The number of hydrogen-bond acceptors (Lipinski definition) is 4. The number of ether oxygens (including phenoxy) is 2. The molecule has 1 amide bonds. The van der Waals surface area contributed by atoms with Crippen LogP contribution < -0.4 is 14.8 Å². The average Bonchev–Trinajstić information content (AvgIpc) is 3.01. The van der Waals surface area contributed by atoms with Crippen molar-refractivity contribution < 1.29 is 14.3 Å². The summed E-state index contributed by atoms with van der Waals surface area (Å²) in [6.45, 7) is 3.07. The van der Waals surface area contributed by atoms with Crippen molar-refractivity contribution in [2.75, 3.05) is 13.7 Å². The Bertz CT molecular complexity index is 923. The van der Waals surface area contributed by atoms with Crippen LogP contribution in [-0.2, 0) is 6.54 Å². The highest BCUT2D eigenvalue weighted by atomic mass is 35.5. The predicted molar refractivity (Wildman–Crippen MR) is 107 cm³/mol. The second-order valence-electron chi connectivity index (χ2n) is 5.76. The number of benzene rings is 2. The van der Waals surface area contributed by atoms with Crippen molar-refractivity contribution in [1.82, 2.24) is 5.32 Å². The van der Waals surface area contributed by atoms with Crippen LogP contribution in [0.1, 0.15) is 28.6 Å². The third-order valence-corrected chi connectivity index (χ3v) is 5.56. The molecule has 0 bridgehead atoms. The monoisotopic (exact) mass is 389 g/mol. The van der Waals surface area contributed by atoms with E-state index in [-0.39, 0.29) is 5.91 Å². The van der Waals surface area contributed by atoms with Gasteiger partial charge in [0, 0.05) is 16.6 Å². The summed E-state index contributed by atoms with van der Waals surface area (Å²) in [5.41, 5.74) is 0.927. The van der Waals surface area contributed by atoms with Gasteiger partial charge in [0.05, 0.1) is 18.7 Å². The fraction of sp³-hybridized carbons (Fsp3) is 0.250. The topological polar surface area (TPSA) is 47.6 Å². The van der Waals surface area contributed by atoms with E-state index in [2.05, 4.69) is 12.2 Å². The lowest BCUT2D eigenvalue weighted by Crippen LogP contribution is -2.22. The van der Waals surface area contributed by atoms with Gasteiger partial charge in [-0.2, -0.15) is 0 Å². The van der Waals surface area contributed by atoms with Gasteiger partial charge < -0.3 is 14.8 Å². The van der Waals surface area contributed by atoms with Crippen LogP contribution in [0.5, 0.6) is 11.5 Å². The Morgan fingerprint density at radius 3 is 2.73 bits per heavy atom. The van der Waals surface area contributed by atoms with E-state index >= 15 is 0 Å². The van der Waals surface area contributed by atoms with Gasteiger partial charge in [0.15, 0.2) is 11.5 Å². The van der Waals surface area contributed by atoms with Crippen LogP contribution in [0.15, 0.2) is 42.5 Å². The highest BCUT2D eigenvalue weighted by molar-refractivity contribution is 7.21. The zero-order chi connectivity index (χ0) is 18.5. The molecule has 136 valence electrons. The molecule has 1 heterocycles. The van der Waals surface area contributed by atoms with Crippen molar-refractivity contribution in [2.45, 2.75) is 19.9 Å². The van der Waals surface area contributed by atoms with Gasteiger partial charge in [-0.25, -0.2) is 0 Å². The number of carbonyl (C=O) groups excluding carboxylic acids is 1. The molecule has 26 heavy (non-hydrogen) atoms. The van der Waals surface area contributed by atoms with Gasteiger partial charge >= 0.3 is 0 Å². The largest absolute Gasteiger partial charge is 0.493 e. The molecule has 1 N–H and O–H groups in total. The van der Waals surface area contributed by atoms with E-state index in [4.69, 9.17) is 21.1 Å². The molecule has 4 nitrogen and oxygen atoms in total. The van der Waals surface area contributed by atoms with Crippen LogP contribution >= 0.6 is 22.9 Å². The number of hydrogen-bond donors (Lipinski definition) is 1. The Balaban J connectivity index is 1.71. The van der Waals surface area contributed by atoms with Crippen molar-refractivity contribution in [3.8, 4) is 11.5 Å². The second kappa shape index (κ2) is 8.43. The summed E-state index contributed by atoms with van der Waals surface area (Å²) in [5.74, 6) is 1.18. The van der Waals surface area contributed by atoms with Crippen molar-refractivity contribution in [3.63, 3.8) is 0 Å². The molecule has 0 spiro atoms. The summed E-state index contributed by atoms with van der Waals surface area (Å²) >= 11 is 7.76. The van der Waals surface area contributed by atoms with Crippen molar-refractivity contribution >= 4 is 38.9 Å². The maximum atomic E-state index is 12.5. The predicted octanol–water partition coefficient (Wildman–Crippen LogP) is 5.28. The van der Waals surface area contributed by atoms with E-state index in [1.54, 1.807) is 7.11 Å². The lowest BCUT2D eigenvalue weighted by molar-refractivity contribution is 0.0955. The van der Waals surface area contributed by atoms with Crippen LogP contribution in [0.4, 0.5) is 0 Å². The van der Waals surface area contributed by atoms with Gasteiger partial charge in [0.25, 0.3) is 5.91 Å². The SMILES string of the molecule is CCCOc1ccc(CNC(=O)c2sc3ccccc3c2Cl)cc1OC. The van der Waals surface area contributed by atoms with Crippen LogP contribution in [0.2, 0.25) is 5.02 Å². The fourth-order valence-corrected chi connectivity index (χ4v) is 4.01. The van der Waals surface area contributed by atoms with Crippen LogP contribution in [-0.4, -0.2) is 19.6 Å². The Kier molecular flexibility index (Phi) is 6.01. The number of fused-ring (bicyclic) bond motifs is 1. The summed E-state index contributed by atoms with van der Waals surface area (Å²) in [6.07, 6.45) is 0.927. The average molecular weight is 390 g/mol. The number of amides is 1. The molecule has 2 aromatic carbocycles. The molecule has 0 aliphatic carbocycles. The molecule has 6 heteroatoms. The molecular weight excluding hydrogens is 370 g/mol. The van der Waals surface area contributed by atoms with Gasteiger partial charge in [-0.3, -0.25) is 4.79 Å². The first-order chi connectivity index (χ1) is 12.6. The number of methoxy groups -OCH3 is 1. The lowest BCUT2D eigenvalue weighted by atomic mass is 10.2. The first kappa shape index (κ1) is 18.5. The van der Waals surface area contributed by atoms with E-state index in [1.807, 2.05) is 42.5 Å². The number of rotatable bonds is 7. The molecule has 1 aromatic heterocycles. The standard InChI is InChI=1S/C20H20ClNO3S/c1-3-10-25-15-9-8-13(11-16(15)24-2)12-22-20(23)19-18(21)14-6-4-5-7-17(14)26-19/h4-9,11H,3,10,12H2,1-2H3,(H,22,23). The van der Waals surface area contributed by atoms with E-state index in [1.165, 1.54) is 11.3 Å². The van der Waals surface area contributed by atoms with Gasteiger partial charge in [-0.05, 0) is 30.2 Å². The van der Waals surface area contributed by atoms with Gasteiger partial charge in [-0.15, -0.1) is 11.3 Å². The van der Waals surface area contributed by atoms with Crippen LogP contribution in [0.3, 0.4) is 0 Å². The van der Waals surface area contributed by atoms with Gasteiger partial charge in [0.1, 0.15) is 4.88 Å². The van der Waals surface area contributed by atoms with Gasteiger partial charge in [-0.1, -0.05) is 42.8 Å². The van der Waals surface area contributed by atoms with E-state index in [0.29, 0.717) is 34.6 Å². The molecule has 3 aromatic rings. The minimum Gasteiger partial charge on any atom is -0.493 e. The van der Waals surface area contributed by atoms with Crippen LogP contribution in [0, 0.1) is 0 Å². The zero-order valence-electron chi connectivity index (χ0n) is 14.7. The minimum absolute atomic E-state index is 0.179. The number of carbonyl (C=O) groups is 1. The smallest absolute Gasteiger partial charge is 0.263 e. The van der Waals surface area contributed by atoms with Crippen molar-refractivity contribution in [1.29, 1.82) is 0 Å². The van der Waals surface area contributed by atoms with E-state index < -0.39 is 0 Å². The third kappa shape index (κ3) is 3.94. The van der Waals surface area contributed by atoms with E-state index in [9.17, 15) is 4.79 Å². The quantitative estimate of drug-likeness (QED) is 0.597. The highest BCUT2D eigenvalue weighted by Crippen LogP contribution is 2.35. The highest BCUT2D eigenvalue weighted by Gasteiger charge is 2.16. The number of halogens is 1. The number of nitrogens with one attached hydrogen (secondary N) is 1. The minimum atomic E-state index is -0.179. The van der Waals surface area contributed by atoms with Gasteiger partial charge in [0.2, 0.25) is 0 Å². The summed E-state index contributed by atoms with van der Waals surface area (Å²) in [4.78, 5) is 13.1. The second-order valence-corrected chi connectivity index (χ2v) is 7.19. The first-order valence-corrected chi connectivity index (χ1v) is 9.58. The molecule has 0 fully saturated rings. The summed E-state index contributed by atoms with van der Waals surface area (Å²) in [7, 11) is 1.60. The fourth-order valence-electron chi connectivity index (χ4n) is 2.58. The van der Waals surface area contributed by atoms with Crippen molar-refractivity contribution in [2.24, 2.45) is 0 Å². The molecule has 0 unspecified atom stereocenters. The Morgan fingerprint density at radius 2 is 2.00 bits per heavy atom. The normalized spacial score (nSPS) is 10.7. The molecule has 0 radical (unpaired) electrons. The Morgan fingerprint density at radius 1 is 1.19 bits per heavy atom. The maximum Gasteiger partial charge on any atom is 0.263 e. The zero-order valence-corrected chi connectivity index (χ0v) is 16.2. The Hall–Kier alpha value is -2.24. The lowest BCUT2D eigenvalue weighted by Gasteiger charge is -2.12. The summed E-state index contributed by atoms with van der Waals surface area (Å²) < 4.78 is 12.0. The van der Waals surface area contributed by atoms with Crippen molar-refractivity contribution in [3.05, 3.63) is 57.9 Å². The van der Waals surface area contributed by atoms with Crippen LogP contribution in [0.25, 0.3) is 10.1 Å². The summed E-state index contributed by atoms with van der Waals surface area (Å²) in [6, 6.07) is 13.4. The maximum absolute atomic E-state index is 12.5. The molecule has 3 rings (SSSR count). The van der Waals surface area contributed by atoms with E-state index in [0.717, 1.165) is 22.1 Å². The summed E-state index contributed by atoms with van der Waals surface area (Å²) in [5, 5.41) is 4.33. The molecule has 0 aliphatic rings. The molecule has 0 atom stereocenters. The molecule has 0 saturated heterocycles. The molecule has 0 aliphatic heterocycles. The molecule has 0 saturated carbocycles. The third-order valence-electron chi connectivity index (χ3n) is 3.88. The molecular formula is C20H20ClNO3S. The first-order valence-electron chi connectivity index (χ1n) is 8.39. The Labute approximate surface area is 161 Å². The number of thiophene rings is 1.